The zero-order chi connectivity index (χ0) is 99.2. The summed E-state index contributed by atoms with van der Waals surface area (Å²) in [5, 5.41) is 37.6. The number of aryl methyl sites for hydroxylation is 2. The van der Waals surface area contributed by atoms with Crippen LogP contribution in [0.15, 0.2) is 147 Å². The van der Waals surface area contributed by atoms with E-state index in [2.05, 4.69) is 105 Å². The number of alkyl halides is 1. The molecule has 0 amide bonds. The Morgan fingerprint density at radius 2 is 0.660 bits per heavy atom. The number of fused-ring (bicyclic) bond motifs is 8. The molecule has 8 bridgehead atoms. The normalized spacial score (nSPS) is 23.7. The molecule has 35 heteroatoms. The van der Waals surface area contributed by atoms with Gasteiger partial charge in [-0.1, -0.05) is 209 Å². The van der Waals surface area contributed by atoms with Gasteiger partial charge in [-0.2, -0.15) is 9.59 Å². The van der Waals surface area contributed by atoms with Crippen LogP contribution in [-0.4, -0.2) is 103 Å². The van der Waals surface area contributed by atoms with Gasteiger partial charge < -0.3 is 56.7 Å². The first-order valence-corrected chi connectivity index (χ1v) is 57.0. The van der Waals surface area contributed by atoms with E-state index in [0.29, 0.717) is 172 Å². The maximum absolute atomic E-state index is 8.12. The van der Waals surface area contributed by atoms with E-state index < -0.39 is 0 Å². The summed E-state index contributed by atoms with van der Waals surface area (Å²) in [5.41, 5.74) is 17.1. The zero-order valence-electron chi connectivity index (χ0n) is 79.4. The molecule has 21 nitrogen and oxygen atoms in total. The van der Waals surface area contributed by atoms with Gasteiger partial charge in [-0.15, -0.1) is 34.3 Å². The van der Waals surface area contributed by atoms with Gasteiger partial charge in [0.25, 0.3) is 0 Å². The van der Waals surface area contributed by atoms with Gasteiger partial charge in [0.1, 0.15) is 61.9 Å². The van der Waals surface area contributed by atoms with Crippen molar-refractivity contribution in [2.75, 3.05) is 9.80 Å². The molecule has 7 aromatic heterocycles. The van der Waals surface area contributed by atoms with Crippen molar-refractivity contribution in [2.24, 2.45) is 11.8 Å². The molecule has 0 spiro atoms. The Bertz CT molecular complexity index is 6510. The second kappa shape index (κ2) is 45.7. The van der Waals surface area contributed by atoms with Gasteiger partial charge >= 0.3 is 6.15 Å². The number of thiazole rings is 2. The molecular weight excluding hydrogens is 2160 g/mol. The highest BCUT2D eigenvalue weighted by Crippen LogP contribution is 2.56. The lowest BCUT2D eigenvalue weighted by molar-refractivity contribution is -0.191. The molecule has 12 atom stereocenters. The van der Waals surface area contributed by atoms with Crippen molar-refractivity contribution in [1.29, 1.82) is 0 Å². The van der Waals surface area contributed by atoms with Gasteiger partial charge in [0.05, 0.1) is 113 Å². The molecule has 6 saturated heterocycles. The summed E-state index contributed by atoms with van der Waals surface area (Å²) >= 11 is 77.1. The van der Waals surface area contributed by atoms with Crippen LogP contribution in [0.2, 0.25) is 50.2 Å². The van der Waals surface area contributed by atoms with Crippen LogP contribution in [0, 0.1) is 25.7 Å². The minimum Gasteiger partial charge on any atom is -0.373 e. The summed E-state index contributed by atoms with van der Waals surface area (Å²) in [5.74, 6) is 8.98. The number of aromatic nitrogens is 7. The fraction of sp³-hybridized carbons (Fsp3) is 0.468. The quantitative estimate of drug-likeness (QED) is 0.0495. The second-order valence-corrected chi connectivity index (χ2v) is 47.4. The summed E-state index contributed by atoms with van der Waals surface area (Å²) in [4.78, 5) is 31.1. The van der Waals surface area contributed by atoms with E-state index >= 15 is 0 Å². The van der Waals surface area contributed by atoms with Crippen molar-refractivity contribution >= 4 is 183 Å². The van der Waals surface area contributed by atoms with Crippen molar-refractivity contribution in [1.82, 2.24) is 41.1 Å². The number of halogens is 12. The van der Waals surface area contributed by atoms with Gasteiger partial charge in [-0.3, -0.25) is 0 Å². The molecule has 7 saturated carbocycles. The highest BCUT2D eigenvalue weighted by Gasteiger charge is 2.48. The van der Waals surface area contributed by atoms with Gasteiger partial charge in [-0.05, 0) is 268 Å². The lowest BCUT2D eigenvalue weighted by Crippen LogP contribution is -2.45. The van der Waals surface area contributed by atoms with Crippen LogP contribution in [0.4, 0.5) is 10.3 Å². The van der Waals surface area contributed by atoms with Crippen LogP contribution in [0.3, 0.4) is 0 Å². The van der Waals surface area contributed by atoms with Crippen molar-refractivity contribution in [3.63, 3.8) is 0 Å². The molecule has 6 aromatic carbocycles. The van der Waals surface area contributed by atoms with Crippen molar-refractivity contribution < 1.29 is 51.2 Å². The van der Waals surface area contributed by atoms with E-state index in [0.717, 1.165) is 237 Å². The molecule has 13 fully saturated rings. The van der Waals surface area contributed by atoms with E-state index in [1.165, 1.54) is 87.3 Å². The molecule has 13 aliphatic rings. The van der Waals surface area contributed by atoms with Crippen LogP contribution >= 0.6 is 166 Å². The van der Waals surface area contributed by atoms with E-state index in [9.17, 15) is 0 Å². The molecular formula is C109H108BrCl11N10O11S2. The van der Waals surface area contributed by atoms with Crippen molar-refractivity contribution in [3.05, 3.63) is 243 Å². The number of nitrogens with zero attached hydrogens (tertiary/aromatic N) is 9. The number of anilines is 2. The fourth-order valence-electron chi connectivity index (χ4n) is 22.9. The average Bonchev–Trinajstić information content (AvgIpc) is 1.61. The van der Waals surface area contributed by atoms with Crippen LogP contribution in [0.25, 0.3) is 67.5 Å². The molecule has 144 heavy (non-hydrogen) atoms. The van der Waals surface area contributed by atoms with Crippen LogP contribution in [0.5, 0.6) is 0 Å². The minimum atomic E-state index is 0.189. The number of carbonyl (C=O) groups excluding carboxylic acids is 2. The third kappa shape index (κ3) is 23.1. The first-order valence-electron chi connectivity index (χ1n) is 50.2. The maximum Gasteiger partial charge on any atom is 0.373 e. The number of hydrogen-bond acceptors (Lipinski definition) is 23. The Kier molecular flexibility index (Phi) is 32.7. The Labute approximate surface area is 908 Å². The van der Waals surface area contributed by atoms with Crippen molar-refractivity contribution in [3.8, 4) is 67.5 Å². The number of rotatable bonds is 26. The third-order valence-electron chi connectivity index (χ3n) is 30.5. The lowest BCUT2D eigenvalue weighted by atomic mass is 9.87. The highest BCUT2D eigenvalue weighted by molar-refractivity contribution is 9.10. The number of benzene rings is 6. The van der Waals surface area contributed by atoms with E-state index in [1.54, 1.807) is 40.9 Å². The predicted molar refractivity (Wildman–Crippen MR) is 572 cm³/mol. The molecule has 7 aliphatic carbocycles. The van der Waals surface area contributed by atoms with Gasteiger partial charge in [0.2, 0.25) is 0 Å². The molecule has 756 valence electrons. The third-order valence-corrected chi connectivity index (χ3v) is 36.4. The molecule has 0 radical (unpaired) electrons. The van der Waals surface area contributed by atoms with Crippen LogP contribution in [-0.2, 0) is 60.8 Å². The van der Waals surface area contributed by atoms with Crippen molar-refractivity contribution in [2.45, 2.75) is 310 Å². The Balaban J connectivity index is 0.000000107. The first-order chi connectivity index (χ1) is 70.0. The lowest BCUT2D eigenvalue weighted by Gasteiger charge is -2.38. The van der Waals surface area contributed by atoms with Crippen LogP contribution in [0.1, 0.15) is 271 Å². The second-order valence-electron chi connectivity index (χ2n) is 40.6. The Morgan fingerprint density at radius 1 is 0.368 bits per heavy atom. The molecule has 4 unspecified atom stereocenters. The fourth-order valence-corrected chi connectivity index (χ4v) is 28.4. The van der Waals surface area contributed by atoms with Gasteiger partial charge in [0.15, 0.2) is 10.3 Å². The van der Waals surface area contributed by atoms with Gasteiger partial charge in [0, 0.05) is 138 Å². The minimum absolute atomic E-state index is 0.189. The highest BCUT2D eigenvalue weighted by atomic mass is 79.9. The molecule has 13 aromatic rings. The zero-order valence-corrected chi connectivity index (χ0v) is 90.9. The number of hydrogen-bond donors (Lipinski definition) is 1. The topological polar surface area (TPSA) is 246 Å². The summed E-state index contributed by atoms with van der Waals surface area (Å²) in [6.45, 7) is 6.29. The molecule has 1 N–H and O–H groups in total. The summed E-state index contributed by atoms with van der Waals surface area (Å²) < 4.78 is 55.3. The molecule has 26 rings (SSSR count). The summed E-state index contributed by atoms with van der Waals surface area (Å²) in [6, 6.07) is 37.2. The number of ether oxygens (including phenoxy) is 4. The average molecular weight is 2270 g/mol. The van der Waals surface area contributed by atoms with E-state index in [4.69, 9.17) is 184 Å². The Hall–Kier alpha value is -6.92. The SMILES string of the molecule is Cc1ccc(-c2csc(N3[C@@H]4CC[C@H]3CC(OCc3c(-c5c(Cl)cccc5Cl)noc3C3CC3)C4)n2)c(C)c1.ClCc1c(-c2c(Cl)cccc2Cl)noc1C1CC1.Clc1cccc(Cl)c1-c1noc(C2CC2)c1COC1C[C@H]2CC[C@@H](C1)C2.Clc1cccc(Cl)c1-c1noc(C2CC2)c1COC1C[C@H]2CC[C@@H](C1)N2.Clc1cccc(Cl)c1-c1noc(C2CC2)c1COC1C[C@H]2CC[C@@H](C1)N2c1nc(Br)cs1.O=C=O. The summed E-state index contributed by atoms with van der Waals surface area (Å²) in [6.07, 6.45) is 32.8. The Morgan fingerprint density at radius 3 is 0.958 bits per heavy atom. The molecule has 6 aliphatic heterocycles. The number of piperidine rings is 3. The smallest absolute Gasteiger partial charge is 0.373 e. The number of nitrogens with one attached hydrogen (secondary N) is 1. The van der Waals surface area contributed by atoms with E-state index in [1.807, 2.05) is 72.8 Å². The predicted octanol–water partition coefficient (Wildman–Crippen LogP) is 33.1. The largest absolute Gasteiger partial charge is 0.373 e. The molecule has 13 heterocycles. The standard InChI is InChI=1S/C31H31Cl2N3O2S.C23H22BrCl2N3O2S.C21H23Cl2NO2.C20H22Cl2N2O2.C13H10Cl3NO.CO2/c1-17-6-11-23(18(2)12-17)27-16-39-31(34-27)36-20-9-10-21(36)14-22(13-20)37-15-24-29(35-38-30(24)19-7-8-19)28-25(32)4-3-5-26(28)33;24-19-11-32-23(27-19)29-13-6-7-14(29)9-15(8-13)30-10-16-21(28-31-22(16)12-4-5-12)20-17(25)2-1-3-18(20)26;22-17-2-1-3-18(23)19(17)20-16(21(26-24-20)14-6-7-14)11-25-15-9-12-4-5-13(8-12)10-15;21-16-2-1-3-17(22)18(16)19-15(20(26-24-19)11-4-5-11)10-25-14-8-12-6-7-13(9-14)23-12;14-6-8-12(17-18-13(8)7-4-5-7)11-9(15)2-1-3-10(11)16;2-1-3/h3-6,11-12,16,19-22H,7-10,13-15H2,1-2H3;1-3,11-15H,4-10H2;1-3,12-15H,4-11H2;1-3,11-14,23H,4-10H2;1-3,7H,4-6H2;/t20-,21+,22?;13-,14+,15?;12-,13+,15?;12-,13+,14?;;. The van der Waals surface area contributed by atoms with Gasteiger partial charge in [-0.25, -0.2) is 9.97 Å². The van der Waals surface area contributed by atoms with Crippen LogP contribution < -0.4 is 15.1 Å². The monoisotopic (exact) mass is 2260 g/mol. The summed E-state index contributed by atoms with van der Waals surface area (Å²) in [7, 11) is 0. The maximum atomic E-state index is 8.12. The first kappa shape index (κ1) is 103. The van der Waals surface area contributed by atoms with E-state index in [-0.39, 0.29) is 18.4 Å².